The zero-order valence-electron chi connectivity index (χ0n) is 18.1. The summed E-state index contributed by atoms with van der Waals surface area (Å²) in [6, 6.07) is 9.94. The van der Waals surface area contributed by atoms with Gasteiger partial charge in [-0.1, -0.05) is 63.9 Å². The minimum atomic E-state index is -1.02. The number of nitrogens with one attached hydrogen (secondary N) is 1. The van der Waals surface area contributed by atoms with Gasteiger partial charge in [-0.15, -0.1) is 0 Å². The molecule has 0 aliphatic heterocycles. The number of carbonyl (C=O) groups is 2. The predicted molar refractivity (Wildman–Crippen MR) is 118 cm³/mol. The van der Waals surface area contributed by atoms with Crippen molar-refractivity contribution in [3.63, 3.8) is 0 Å². The molecule has 0 radical (unpaired) electrons. The normalized spacial score (nSPS) is 11.8. The summed E-state index contributed by atoms with van der Waals surface area (Å²) in [7, 11) is 0. The third-order valence-corrected chi connectivity index (χ3v) is 5.22. The van der Waals surface area contributed by atoms with Crippen LogP contribution in [0.3, 0.4) is 0 Å². The molecule has 2 aromatic rings. The lowest BCUT2D eigenvalue weighted by Gasteiger charge is -2.20. The molecule has 0 saturated carbocycles. The van der Waals surface area contributed by atoms with E-state index < -0.39 is 17.9 Å². The molecule has 2 N–H and O–H groups in total. The van der Waals surface area contributed by atoms with Crippen LogP contribution >= 0.6 is 0 Å². The lowest BCUT2D eigenvalue weighted by molar-refractivity contribution is -0.137. The van der Waals surface area contributed by atoms with Crippen molar-refractivity contribution < 1.29 is 14.7 Å². The molecule has 6 heteroatoms. The van der Waals surface area contributed by atoms with Crippen molar-refractivity contribution in [3.05, 3.63) is 69.1 Å². The molecule has 1 amide bonds. The van der Waals surface area contributed by atoms with Gasteiger partial charge in [0.1, 0.15) is 5.56 Å². The van der Waals surface area contributed by atoms with E-state index in [-0.39, 0.29) is 17.5 Å². The molecule has 1 aromatic heterocycles. The third kappa shape index (κ3) is 5.81. The molecule has 6 nitrogen and oxygen atoms in total. The average molecular weight is 413 g/mol. The second kappa shape index (κ2) is 11.3. The standard InChI is InChI=1S/C24H32N2O4/c1-4-7-14-26-21(11-5-2)17(6-3)15-19(24(26)30)23(29)25-20(16-22(27)28)18-12-9-8-10-13-18/h8-10,12-13,15,20H,4-7,11,14,16H2,1-3H3,(H,25,29)(H,27,28). The van der Waals surface area contributed by atoms with Crippen LogP contribution in [0.4, 0.5) is 0 Å². The van der Waals surface area contributed by atoms with Crippen LogP contribution < -0.4 is 10.9 Å². The summed E-state index contributed by atoms with van der Waals surface area (Å²) >= 11 is 0. The molecule has 162 valence electrons. The summed E-state index contributed by atoms with van der Waals surface area (Å²) in [5.41, 5.74) is 2.46. The van der Waals surface area contributed by atoms with E-state index >= 15 is 0 Å². The maximum Gasteiger partial charge on any atom is 0.305 e. The predicted octanol–water partition coefficient (Wildman–Crippen LogP) is 4.11. The second-order valence-electron chi connectivity index (χ2n) is 7.48. The Balaban J connectivity index is 2.46. The number of aromatic nitrogens is 1. The lowest BCUT2D eigenvalue weighted by atomic mass is 10.0. The number of pyridine rings is 1. The number of benzene rings is 1. The van der Waals surface area contributed by atoms with Crippen LogP contribution in [-0.2, 0) is 24.2 Å². The Labute approximate surface area is 177 Å². The van der Waals surface area contributed by atoms with Crippen molar-refractivity contribution in [2.24, 2.45) is 0 Å². The summed E-state index contributed by atoms with van der Waals surface area (Å²) in [5.74, 6) is -1.55. The number of carbonyl (C=O) groups excluding carboxylic acids is 1. The second-order valence-corrected chi connectivity index (χ2v) is 7.48. The first kappa shape index (κ1) is 23.4. The molecule has 1 aromatic carbocycles. The van der Waals surface area contributed by atoms with E-state index in [1.165, 1.54) is 0 Å². The van der Waals surface area contributed by atoms with Crippen LogP contribution in [0, 0.1) is 0 Å². The van der Waals surface area contributed by atoms with Gasteiger partial charge in [0.2, 0.25) is 0 Å². The number of rotatable bonds is 11. The molecule has 30 heavy (non-hydrogen) atoms. The number of hydrogen-bond donors (Lipinski definition) is 2. The third-order valence-electron chi connectivity index (χ3n) is 5.22. The van der Waals surface area contributed by atoms with E-state index in [0.29, 0.717) is 12.1 Å². The molecule has 0 aliphatic carbocycles. The Morgan fingerprint density at radius 1 is 1.10 bits per heavy atom. The number of unbranched alkanes of at least 4 members (excludes halogenated alkanes) is 1. The van der Waals surface area contributed by atoms with Crippen molar-refractivity contribution in [1.29, 1.82) is 0 Å². The van der Waals surface area contributed by atoms with Crippen LogP contribution in [0.25, 0.3) is 0 Å². The highest BCUT2D eigenvalue weighted by molar-refractivity contribution is 5.94. The smallest absolute Gasteiger partial charge is 0.305 e. The molecule has 0 fully saturated rings. The van der Waals surface area contributed by atoms with E-state index in [4.69, 9.17) is 0 Å². The Morgan fingerprint density at radius 3 is 2.37 bits per heavy atom. The quantitative estimate of drug-likeness (QED) is 0.581. The summed E-state index contributed by atoms with van der Waals surface area (Å²) < 4.78 is 1.75. The molecule has 0 aliphatic rings. The molecule has 2 rings (SSSR count). The Morgan fingerprint density at radius 2 is 1.80 bits per heavy atom. The van der Waals surface area contributed by atoms with Gasteiger partial charge in [-0.3, -0.25) is 14.4 Å². The number of amides is 1. The minimum Gasteiger partial charge on any atom is -0.481 e. The zero-order valence-corrected chi connectivity index (χ0v) is 18.1. The number of carboxylic acids is 1. The first-order valence-electron chi connectivity index (χ1n) is 10.8. The Bertz CT molecular complexity index is 919. The van der Waals surface area contributed by atoms with E-state index in [2.05, 4.69) is 19.2 Å². The van der Waals surface area contributed by atoms with Crippen molar-refractivity contribution in [3.8, 4) is 0 Å². The van der Waals surface area contributed by atoms with E-state index in [1.54, 1.807) is 34.9 Å². The SMILES string of the molecule is CCCCn1c(CCC)c(CC)cc(C(=O)NC(CC(=O)O)c2ccccc2)c1=O. The van der Waals surface area contributed by atoms with Crippen LogP contribution in [0.15, 0.2) is 41.2 Å². The molecule has 1 atom stereocenters. The zero-order chi connectivity index (χ0) is 22.1. The van der Waals surface area contributed by atoms with Gasteiger partial charge < -0.3 is 15.0 Å². The number of carboxylic acid groups (broad SMARTS) is 1. The lowest BCUT2D eigenvalue weighted by Crippen LogP contribution is -2.37. The highest BCUT2D eigenvalue weighted by Crippen LogP contribution is 2.18. The largest absolute Gasteiger partial charge is 0.481 e. The molecular formula is C24H32N2O4. The first-order valence-corrected chi connectivity index (χ1v) is 10.8. The molecule has 0 saturated heterocycles. The van der Waals surface area contributed by atoms with Gasteiger partial charge in [-0.2, -0.15) is 0 Å². The van der Waals surface area contributed by atoms with E-state index in [1.807, 2.05) is 13.0 Å². The molecule has 0 spiro atoms. The summed E-state index contributed by atoms with van der Waals surface area (Å²) in [5, 5.41) is 12.1. The highest BCUT2D eigenvalue weighted by Gasteiger charge is 2.23. The molecule has 1 unspecified atom stereocenters. The van der Waals surface area contributed by atoms with Gasteiger partial charge in [0, 0.05) is 12.2 Å². The average Bonchev–Trinajstić information content (AvgIpc) is 2.73. The fourth-order valence-corrected chi connectivity index (χ4v) is 3.66. The van der Waals surface area contributed by atoms with Gasteiger partial charge in [0.25, 0.3) is 11.5 Å². The van der Waals surface area contributed by atoms with Crippen LogP contribution in [0.5, 0.6) is 0 Å². The maximum atomic E-state index is 13.2. The van der Waals surface area contributed by atoms with Crippen LogP contribution in [-0.4, -0.2) is 21.6 Å². The number of aliphatic carboxylic acids is 1. The maximum absolute atomic E-state index is 13.2. The van der Waals surface area contributed by atoms with Crippen molar-refractivity contribution in [2.75, 3.05) is 0 Å². The minimum absolute atomic E-state index is 0.0779. The summed E-state index contributed by atoms with van der Waals surface area (Å²) in [4.78, 5) is 37.6. The van der Waals surface area contributed by atoms with Crippen LogP contribution in [0.2, 0.25) is 0 Å². The fraction of sp³-hybridized carbons (Fsp3) is 0.458. The van der Waals surface area contributed by atoms with Gasteiger partial charge in [0.05, 0.1) is 12.5 Å². The molecular weight excluding hydrogens is 380 g/mol. The van der Waals surface area contributed by atoms with Gasteiger partial charge in [-0.25, -0.2) is 0 Å². The van der Waals surface area contributed by atoms with Gasteiger partial charge in [-0.05, 0) is 36.5 Å². The van der Waals surface area contributed by atoms with Crippen molar-refractivity contribution in [2.45, 2.75) is 71.9 Å². The number of nitrogens with zero attached hydrogens (tertiary/aromatic N) is 1. The molecule has 1 heterocycles. The number of aryl methyl sites for hydroxylation is 1. The van der Waals surface area contributed by atoms with Crippen molar-refractivity contribution >= 4 is 11.9 Å². The molecule has 0 bridgehead atoms. The van der Waals surface area contributed by atoms with Gasteiger partial charge in [0.15, 0.2) is 0 Å². The topological polar surface area (TPSA) is 88.4 Å². The van der Waals surface area contributed by atoms with E-state index in [9.17, 15) is 19.5 Å². The first-order chi connectivity index (χ1) is 14.4. The van der Waals surface area contributed by atoms with E-state index in [0.717, 1.165) is 43.4 Å². The fourth-order valence-electron chi connectivity index (χ4n) is 3.66. The van der Waals surface area contributed by atoms with Crippen molar-refractivity contribution in [1.82, 2.24) is 9.88 Å². The summed E-state index contributed by atoms with van der Waals surface area (Å²) in [6.45, 7) is 6.74. The number of hydrogen-bond acceptors (Lipinski definition) is 3. The van der Waals surface area contributed by atoms with Crippen LogP contribution in [0.1, 0.15) is 79.7 Å². The highest BCUT2D eigenvalue weighted by atomic mass is 16.4. The van der Waals surface area contributed by atoms with Gasteiger partial charge >= 0.3 is 5.97 Å². The monoisotopic (exact) mass is 412 g/mol. The Kier molecular flexibility index (Phi) is 8.84. The summed E-state index contributed by atoms with van der Waals surface area (Å²) in [6.07, 6.45) is 3.98. The Hall–Kier alpha value is -2.89.